The molecule has 6 nitrogen and oxygen atoms in total. The number of thiazole rings is 1. The lowest BCUT2D eigenvalue weighted by atomic mass is 10.1. The third-order valence-corrected chi connectivity index (χ3v) is 4.83. The molecule has 0 aliphatic rings. The van der Waals surface area contributed by atoms with Crippen LogP contribution in [0.2, 0.25) is 0 Å². The fourth-order valence-corrected chi connectivity index (χ4v) is 3.31. The summed E-state index contributed by atoms with van der Waals surface area (Å²) in [4.78, 5) is 16.5. The number of aryl methyl sites for hydroxylation is 2. The lowest BCUT2D eigenvalue weighted by molar-refractivity contribution is 0.0935. The molecule has 0 saturated carbocycles. The van der Waals surface area contributed by atoms with Crippen LogP contribution in [0.4, 0.5) is 0 Å². The Morgan fingerprint density at radius 1 is 1.32 bits per heavy atom. The Kier molecular flexibility index (Phi) is 4.96. The molecule has 1 atom stereocenters. The molecule has 130 valence electrons. The summed E-state index contributed by atoms with van der Waals surface area (Å²) in [5.41, 5.74) is 10.1. The van der Waals surface area contributed by atoms with Gasteiger partial charge in [0, 0.05) is 17.6 Å². The van der Waals surface area contributed by atoms with Gasteiger partial charge in [0.15, 0.2) is 0 Å². The van der Waals surface area contributed by atoms with E-state index in [1.165, 1.54) is 11.3 Å². The largest absolute Gasteiger partial charge is 0.344 e. The minimum absolute atomic E-state index is 0.120. The molecule has 3 N–H and O–H groups in total. The molecular formula is C18H21N5OS. The fourth-order valence-electron chi connectivity index (χ4n) is 2.66. The molecule has 25 heavy (non-hydrogen) atoms. The molecule has 0 radical (unpaired) electrons. The quantitative estimate of drug-likeness (QED) is 0.737. The van der Waals surface area contributed by atoms with Crippen molar-refractivity contribution in [2.75, 3.05) is 0 Å². The number of carbonyl (C=O) groups excluding carboxylic acids is 1. The number of nitrogens with two attached hydrogens (primary N) is 1. The number of carbonyl (C=O) groups is 1. The van der Waals surface area contributed by atoms with Gasteiger partial charge < -0.3 is 11.1 Å². The molecule has 1 amide bonds. The van der Waals surface area contributed by atoms with Crippen LogP contribution in [-0.2, 0) is 6.54 Å². The number of hydrogen-bond donors (Lipinski definition) is 2. The fraction of sp³-hybridized carbons (Fsp3) is 0.278. The summed E-state index contributed by atoms with van der Waals surface area (Å²) in [5.74, 6) is -0.189. The summed E-state index contributed by atoms with van der Waals surface area (Å²) in [6.45, 7) is 6.30. The molecule has 2 aromatic heterocycles. The summed E-state index contributed by atoms with van der Waals surface area (Å²) in [5, 5.41) is 9.94. The Labute approximate surface area is 150 Å². The predicted molar refractivity (Wildman–Crippen MR) is 98.9 cm³/mol. The van der Waals surface area contributed by atoms with Crippen molar-refractivity contribution >= 4 is 17.2 Å². The van der Waals surface area contributed by atoms with Crippen molar-refractivity contribution in [3.8, 4) is 5.69 Å². The molecular weight excluding hydrogens is 334 g/mol. The van der Waals surface area contributed by atoms with Gasteiger partial charge in [0.2, 0.25) is 0 Å². The number of amides is 1. The molecule has 0 saturated heterocycles. The Hall–Kier alpha value is -2.51. The topological polar surface area (TPSA) is 85.8 Å². The zero-order valence-electron chi connectivity index (χ0n) is 14.5. The highest BCUT2D eigenvalue weighted by Gasteiger charge is 2.14. The molecule has 7 heteroatoms. The van der Waals surface area contributed by atoms with Gasteiger partial charge in [-0.05, 0) is 44.5 Å². The van der Waals surface area contributed by atoms with Crippen molar-refractivity contribution in [3.05, 3.63) is 63.4 Å². The zero-order valence-corrected chi connectivity index (χ0v) is 15.3. The number of nitrogens with zero attached hydrogens (tertiary/aromatic N) is 3. The van der Waals surface area contributed by atoms with Crippen LogP contribution in [0.15, 0.2) is 35.7 Å². The standard InChI is InChI=1S/C18H21N5OS/c1-11-8-12(2)23(22-11)15-6-4-14(5-7-15)13(3)20-18(24)16-10-25-17(9-19)21-16/h4-8,10,13H,9,19H2,1-3H3,(H,20,24). The summed E-state index contributed by atoms with van der Waals surface area (Å²) in [7, 11) is 0. The van der Waals surface area contributed by atoms with E-state index in [0.29, 0.717) is 12.2 Å². The average Bonchev–Trinajstić information content (AvgIpc) is 3.21. The summed E-state index contributed by atoms with van der Waals surface area (Å²) < 4.78 is 1.91. The van der Waals surface area contributed by atoms with Gasteiger partial charge in [-0.15, -0.1) is 11.3 Å². The van der Waals surface area contributed by atoms with E-state index in [-0.39, 0.29) is 11.9 Å². The van der Waals surface area contributed by atoms with E-state index in [4.69, 9.17) is 5.73 Å². The molecule has 0 aliphatic carbocycles. The van der Waals surface area contributed by atoms with E-state index >= 15 is 0 Å². The lowest BCUT2D eigenvalue weighted by Crippen LogP contribution is -2.27. The molecule has 3 aromatic rings. The van der Waals surface area contributed by atoms with Gasteiger partial charge in [-0.25, -0.2) is 9.67 Å². The van der Waals surface area contributed by atoms with Crippen LogP contribution in [-0.4, -0.2) is 20.7 Å². The van der Waals surface area contributed by atoms with Gasteiger partial charge in [-0.3, -0.25) is 4.79 Å². The number of nitrogens with one attached hydrogen (secondary N) is 1. The maximum Gasteiger partial charge on any atom is 0.271 e. The van der Waals surface area contributed by atoms with Crippen LogP contribution < -0.4 is 11.1 Å². The van der Waals surface area contributed by atoms with Crippen LogP contribution in [0.3, 0.4) is 0 Å². The molecule has 1 unspecified atom stereocenters. The molecule has 2 heterocycles. The Morgan fingerprint density at radius 2 is 2.04 bits per heavy atom. The van der Waals surface area contributed by atoms with Crippen molar-refractivity contribution in [1.29, 1.82) is 0 Å². The lowest BCUT2D eigenvalue weighted by Gasteiger charge is -2.14. The van der Waals surface area contributed by atoms with Gasteiger partial charge in [-0.1, -0.05) is 12.1 Å². The molecule has 0 aliphatic heterocycles. The van der Waals surface area contributed by atoms with Crippen molar-refractivity contribution in [1.82, 2.24) is 20.1 Å². The van der Waals surface area contributed by atoms with E-state index in [0.717, 1.165) is 27.6 Å². The monoisotopic (exact) mass is 355 g/mol. The number of hydrogen-bond acceptors (Lipinski definition) is 5. The smallest absolute Gasteiger partial charge is 0.271 e. The van der Waals surface area contributed by atoms with Gasteiger partial charge in [0.25, 0.3) is 5.91 Å². The van der Waals surface area contributed by atoms with Crippen LogP contribution in [0.5, 0.6) is 0 Å². The van der Waals surface area contributed by atoms with Crippen molar-refractivity contribution in [2.45, 2.75) is 33.4 Å². The van der Waals surface area contributed by atoms with E-state index in [9.17, 15) is 4.79 Å². The first kappa shape index (κ1) is 17.3. The first-order valence-electron chi connectivity index (χ1n) is 8.07. The van der Waals surface area contributed by atoms with Crippen molar-refractivity contribution < 1.29 is 4.79 Å². The SMILES string of the molecule is Cc1cc(C)n(-c2ccc(C(C)NC(=O)c3csc(CN)n3)cc2)n1. The van der Waals surface area contributed by atoms with E-state index in [1.54, 1.807) is 5.38 Å². The normalized spacial score (nSPS) is 12.2. The number of aromatic nitrogens is 3. The predicted octanol–water partition coefficient (Wildman–Crippen LogP) is 2.90. The van der Waals surface area contributed by atoms with Crippen LogP contribution in [0, 0.1) is 13.8 Å². The third-order valence-electron chi connectivity index (χ3n) is 3.95. The third kappa shape index (κ3) is 3.78. The van der Waals surface area contributed by atoms with Crippen LogP contribution in [0.1, 0.15) is 45.4 Å². The molecule has 3 rings (SSSR count). The highest BCUT2D eigenvalue weighted by molar-refractivity contribution is 7.09. The first-order valence-corrected chi connectivity index (χ1v) is 8.95. The van der Waals surface area contributed by atoms with Gasteiger partial charge in [0.1, 0.15) is 10.7 Å². The Morgan fingerprint density at radius 3 is 2.60 bits per heavy atom. The van der Waals surface area contributed by atoms with E-state index in [1.807, 2.05) is 55.8 Å². The van der Waals surface area contributed by atoms with Crippen molar-refractivity contribution in [2.24, 2.45) is 5.73 Å². The second-order valence-electron chi connectivity index (χ2n) is 5.96. The second kappa shape index (κ2) is 7.16. The van der Waals surface area contributed by atoms with Gasteiger partial charge in [-0.2, -0.15) is 5.10 Å². The van der Waals surface area contributed by atoms with Crippen LogP contribution >= 0.6 is 11.3 Å². The molecule has 0 bridgehead atoms. The Balaban J connectivity index is 1.71. The molecule has 0 fully saturated rings. The maximum atomic E-state index is 12.3. The summed E-state index contributed by atoms with van der Waals surface area (Å²) in [6, 6.07) is 9.94. The highest BCUT2D eigenvalue weighted by Crippen LogP contribution is 2.18. The van der Waals surface area contributed by atoms with Crippen LogP contribution in [0.25, 0.3) is 5.69 Å². The van der Waals surface area contributed by atoms with Gasteiger partial charge >= 0.3 is 0 Å². The van der Waals surface area contributed by atoms with Gasteiger partial charge in [0.05, 0.1) is 17.4 Å². The summed E-state index contributed by atoms with van der Waals surface area (Å²) in [6.07, 6.45) is 0. The second-order valence-corrected chi connectivity index (χ2v) is 6.90. The average molecular weight is 355 g/mol. The Bertz CT molecular complexity index is 881. The van der Waals surface area contributed by atoms with E-state index < -0.39 is 0 Å². The number of rotatable bonds is 5. The summed E-state index contributed by atoms with van der Waals surface area (Å²) >= 11 is 1.40. The van der Waals surface area contributed by atoms with Crippen molar-refractivity contribution in [3.63, 3.8) is 0 Å². The highest BCUT2D eigenvalue weighted by atomic mass is 32.1. The van der Waals surface area contributed by atoms with E-state index in [2.05, 4.69) is 15.4 Å². The zero-order chi connectivity index (χ0) is 18.0. The number of benzene rings is 1. The maximum absolute atomic E-state index is 12.3. The minimum atomic E-state index is -0.189. The first-order chi connectivity index (χ1) is 12.0. The molecule has 0 spiro atoms. The minimum Gasteiger partial charge on any atom is -0.344 e. The molecule has 1 aromatic carbocycles.